The highest BCUT2D eigenvalue weighted by Gasteiger charge is 2.43. The van der Waals surface area contributed by atoms with Gasteiger partial charge >= 0.3 is 18.2 Å². The number of esters is 1. The van der Waals surface area contributed by atoms with E-state index < -0.39 is 29.8 Å². The summed E-state index contributed by atoms with van der Waals surface area (Å²) < 4.78 is 45.6. The van der Waals surface area contributed by atoms with Crippen molar-refractivity contribution in [2.45, 2.75) is 32.0 Å². The molecule has 8 nitrogen and oxygen atoms in total. The van der Waals surface area contributed by atoms with Crippen molar-refractivity contribution < 1.29 is 27.5 Å². The summed E-state index contributed by atoms with van der Waals surface area (Å²) in [7, 11) is 1.49. The number of nitrogens with zero attached hydrogens (tertiary/aromatic N) is 3. The number of allylic oxidation sites excluding steroid dienone is 1. The molecule has 2 N–H and O–H groups in total. The molecule has 11 heteroatoms. The monoisotopic (exact) mass is 513 g/mol. The standard InChI is InChI=1S/C26H26F3N5O3/c1-4-37-24(35)22-15(2)34(19-7-5-6-18(11-19)26(27,28)29)25(36)33(3)23(22)20-9-8-16(12-30)10-21(20)17-13-31-32-14-17/h5-11,17,23,31-32H,4,13-14H2,1-3H3. The van der Waals surface area contributed by atoms with Crippen LogP contribution in [0.25, 0.3) is 0 Å². The first-order valence-electron chi connectivity index (χ1n) is 11.7. The van der Waals surface area contributed by atoms with Crippen LogP contribution in [-0.4, -0.2) is 43.6 Å². The van der Waals surface area contributed by atoms with E-state index in [0.717, 1.165) is 22.6 Å². The number of ether oxygens (including phenoxy) is 1. The fraction of sp³-hybridized carbons (Fsp3) is 0.346. The van der Waals surface area contributed by atoms with Crippen molar-refractivity contribution in [3.63, 3.8) is 0 Å². The van der Waals surface area contributed by atoms with Crippen LogP contribution < -0.4 is 15.8 Å². The van der Waals surface area contributed by atoms with Gasteiger partial charge in [-0.05, 0) is 55.3 Å². The molecule has 1 fully saturated rings. The Bertz CT molecular complexity index is 1300. The maximum Gasteiger partial charge on any atom is 0.416 e. The lowest BCUT2D eigenvalue weighted by molar-refractivity contribution is -0.139. The largest absolute Gasteiger partial charge is 0.463 e. The van der Waals surface area contributed by atoms with Crippen LogP contribution in [-0.2, 0) is 15.7 Å². The molecule has 4 rings (SSSR count). The van der Waals surface area contributed by atoms with Crippen molar-refractivity contribution in [1.82, 2.24) is 15.8 Å². The molecule has 0 saturated carbocycles. The summed E-state index contributed by atoms with van der Waals surface area (Å²) in [5.41, 5.74) is 7.31. The second-order valence-electron chi connectivity index (χ2n) is 8.81. The van der Waals surface area contributed by atoms with Gasteiger partial charge in [0.05, 0.1) is 41.1 Å². The molecule has 2 aromatic carbocycles. The summed E-state index contributed by atoms with van der Waals surface area (Å²) in [6, 6.07) is 10.1. The molecular weight excluding hydrogens is 487 g/mol. The van der Waals surface area contributed by atoms with E-state index in [1.165, 1.54) is 31.0 Å². The van der Waals surface area contributed by atoms with Crippen LogP contribution in [0, 0.1) is 11.3 Å². The minimum absolute atomic E-state index is 0.0198. The SMILES string of the molecule is CCOC(=O)C1=C(C)N(c2cccc(C(F)(F)F)c2)C(=O)N(C)C1c1ccc(C#N)cc1C1CNNC1. The molecule has 2 aliphatic heterocycles. The highest BCUT2D eigenvalue weighted by molar-refractivity contribution is 6.03. The van der Waals surface area contributed by atoms with Crippen LogP contribution in [0.3, 0.4) is 0 Å². The summed E-state index contributed by atoms with van der Waals surface area (Å²) in [6.45, 7) is 4.38. The summed E-state index contributed by atoms with van der Waals surface area (Å²) in [4.78, 5) is 29.4. The number of alkyl halides is 3. The molecule has 0 radical (unpaired) electrons. The van der Waals surface area contributed by atoms with Gasteiger partial charge in [0.25, 0.3) is 0 Å². The number of rotatable bonds is 5. The molecule has 37 heavy (non-hydrogen) atoms. The Balaban J connectivity index is 1.92. The van der Waals surface area contributed by atoms with E-state index in [1.807, 2.05) is 0 Å². The zero-order chi connectivity index (χ0) is 26.9. The van der Waals surface area contributed by atoms with Crippen molar-refractivity contribution in [2.24, 2.45) is 0 Å². The van der Waals surface area contributed by atoms with Gasteiger partial charge in [-0.25, -0.2) is 9.59 Å². The number of carbonyl (C=O) groups excluding carboxylic acids is 2. The van der Waals surface area contributed by atoms with Crippen LogP contribution in [0.1, 0.15) is 48.1 Å². The van der Waals surface area contributed by atoms with Gasteiger partial charge in [-0.3, -0.25) is 15.8 Å². The fourth-order valence-corrected chi connectivity index (χ4v) is 4.81. The second kappa shape index (κ2) is 10.2. The number of nitriles is 1. The quantitative estimate of drug-likeness (QED) is 0.582. The molecule has 0 aromatic heterocycles. The predicted molar refractivity (Wildman–Crippen MR) is 129 cm³/mol. The molecule has 1 atom stereocenters. The second-order valence-corrected chi connectivity index (χ2v) is 8.81. The Morgan fingerprint density at radius 2 is 1.86 bits per heavy atom. The van der Waals surface area contributed by atoms with Gasteiger partial charge in [0.1, 0.15) is 0 Å². The summed E-state index contributed by atoms with van der Waals surface area (Å²) in [5, 5.41) is 9.48. The van der Waals surface area contributed by atoms with Gasteiger partial charge < -0.3 is 9.64 Å². The minimum atomic E-state index is -4.61. The number of nitrogens with one attached hydrogen (secondary N) is 2. The summed E-state index contributed by atoms with van der Waals surface area (Å²) >= 11 is 0. The molecule has 2 aromatic rings. The van der Waals surface area contributed by atoms with Crippen molar-refractivity contribution in [3.8, 4) is 6.07 Å². The lowest BCUT2D eigenvalue weighted by Crippen LogP contribution is -2.49. The highest BCUT2D eigenvalue weighted by Crippen LogP contribution is 2.42. The Kier molecular flexibility index (Phi) is 7.25. The maximum atomic E-state index is 13.7. The molecule has 2 aliphatic rings. The number of anilines is 1. The molecule has 2 amide bonds. The molecular formula is C26H26F3N5O3. The summed E-state index contributed by atoms with van der Waals surface area (Å²) in [5.74, 6) is -0.726. The van der Waals surface area contributed by atoms with E-state index in [4.69, 9.17) is 4.74 Å². The maximum absolute atomic E-state index is 13.7. The average molecular weight is 514 g/mol. The Morgan fingerprint density at radius 3 is 2.49 bits per heavy atom. The van der Waals surface area contributed by atoms with E-state index in [2.05, 4.69) is 16.9 Å². The zero-order valence-electron chi connectivity index (χ0n) is 20.5. The minimum Gasteiger partial charge on any atom is -0.463 e. The number of urea groups is 1. The smallest absolute Gasteiger partial charge is 0.416 e. The average Bonchev–Trinajstić information content (AvgIpc) is 3.40. The lowest BCUT2D eigenvalue weighted by atomic mass is 9.84. The predicted octanol–water partition coefficient (Wildman–Crippen LogP) is 4.22. The molecule has 0 bridgehead atoms. The molecule has 1 saturated heterocycles. The molecule has 1 unspecified atom stereocenters. The van der Waals surface area contributed by atoms with Gasteiger partial charge in [0.15, 0.2) is 0 Å². The third-order valence-corrected chi connectivity index (χ3v) is 6.58. The first kappa shape index (κ1) is 26.2. The van der Waals surface area contributed by atoms with Crippen LogP contribution in [0.2, 0.25) is 0 Å². The third-order valence-electron chi connectivity index (χ3n) is 6.58. The fourth-order valence-electron chi connectivity index (χ4n) is 4.81. The van der Waals surface area contributed by atoms with Gasteiger partial charge in [0.2, 0.25) is 0 Å². The Morgan fingerprint density at radius 1 is 1.16 bits per heavy atom. The molecule has 0 aliphatic carbocycles. The third kappa shape index (κ3) is 4.90. The first-order chi connectivity index (χ1) is 17.6. The van der Waals surface area contributed by atoms with E-state index >= 15 is 0 Å². The van der Waals surface area contributed by atoms with Crippen LogP contribution >= 0.6 is 0 Å². The van der Waals surface area contributed by atoms with Crippen molar-refractivity contribution >= 4 is 17.7 Å². The van der Waals surface area contributed by atoms with Gasteiger partial charge in [-0.2, -0.15) is 18.4 Å². The number of hydrazine groups is 1. The van der Waals surface area contributed by atoms with Crippen LogP contribution in [0.4, 0.5) is 23.7 Å². The van der Waals surface area contributed by atoms with E-state index in [1.54, 1.807) is 25.1 Å². The normalized spacial score (nSPS) is 18.8. The van der Waals surface area contributed by atoms with E-state index in [9.17, 15) is 28.0 Å². The summed E-state index contributed by atoms with van der Waals surface area (Å²) in [6.07, 6.45) is -4.61. The van der Waals surface area contributed by atoms with E-state index in [0.29, 0.717) is 24.2 Å². The number of carbonyl (C=O) groups is 2. The topological polar surface area (TPSA) is 97.7 Å². The van der Waals surface area contributed by atoms with Crippen LogP contribution in [0.15, 0.2) is 53.7 Å². The van der Waals surface area contributed by atoms with Gasteiger partial charge in [-0.15, -0.1) is 0 Å². The first-order valence-corrected chi connectivity index (χ1v) is 11.7. The number of hydrogen-bond donors (Lipinski definition) is 2. The molecule has 0 spiro atoms. The van der Waals surface area contributed by atoms with Crippen molar-refractivity contribution in [2.75, 3.05) is 31.6 Å². The number of halogens is 3. The van der Waals surface area contributed by atoms with Crippen molar-refractivity contribution in [3.05, 3.63) is 76.0 Å². The Hall–Kier alpha value is -3.88. The molecule has 194 valence electrons. The number of amides is 2. The molecule has 2 heterocycles. The zero-order valence-corrected chi connectivity index (χ0v) is 20.5. The Labute approximate surface area is 212 Å². The number of hydrogen-bond acceptors (Lipinski definition) is 6. The lowest BCUT2D eigenvalue weighted by Gasteiger charge is -2.42. The van der Waals surface area contributed by atoms with Crippen LogP contribution in [0.5, 0.6) is 0 Å². The van der Waals surface area contributed by atoms with Gasteiger partial charge in [-0.1, -0.05) is 12.1 Å². The highest BCUT2D eigenvalue weighted by atomic mass is 19.4. The van der Waals surface area contributed by atoms with Gasteiger partial charge in [0, 0.05) is 31.8 Å². The van der Waals surface area contributed by atoms with Crippen molar-refractivity contribution in [1.29, 1.82) is 5.26 Å². The number of likely N-dealkylation sites (N-methyl/N-ethyl adjacent to an activating group) is 1. The number of benzene rings is 2. The van der Waals surface area contributed by atoms with E-state index in [-0.39, 0.29) is 29.5 Å².